The Bertz CT molecular complexity index is 618. The molecular formula is C15H21N3O3S. The van der Waals surface area contributed by atoms with Crippen molar-refractivity contribution in [1.29, 1.82) is 5.26 Å². The number of amides is 1. The molecule has 1 rings (SSSR count). The Morgan fingerprint density at radius 2 is 1.86 bits per heavy atom. The van der Waals surface area contributed by atoms with Crippen molar-refractivity contribution in [2.45, 2.75) is 37.5 Å². The van der Waals surface area contributed by atoms with Crippen LogP contribution in [0.3, 0.4) is 0 Å². The van der Waals surface area contributed by atoms with Gasteiger partial charge in [-0.25, -0.2) is 13.1 Å². The Morgan fingerprint density at radius 1 is 1.18 bits per heavy atom. The van der Waals surface area contributed by atoms with Crippen molar-refractivity contribution in [3.63, 3.8) is 0 Å². The lowest BCUT2D eigenvalue weighted by atomic mass is 10.2. The van der Waals surface area contributed by atoms with Crippen molar-refractivity contribution in [2.24, 2.45) is 0 Å². The molecule has 0 unspecified atom stereocenters. The number of hydrogen-bond acceptors (Lipinski definition) is 4. The summed E-state index contributed by atoms with van der Waals surface area (Å²) in [6.45, 7) is 2.77. The summed E-state index contributed by atoms with van der Waals surface area (Å²) >= 11 is 0. The van der Waals surface area contributed by atoms with E-state index in [0.717, 1.165) is 19.3 Å². The summed E-state index contributed by atoms with van der Waals surface area (Å²) in [4.78, 5) is 11.9. The van der Waals surface area contributed by atoms with Crippen LogP contribution in [-0.4, -0.2) is 27.4 Å². The van der Waals surface area contributed by atoms with Gasteiger partial charge in [-0.1, -0.05) is 19.8 Å². The summed E-state index contributed by atoms with van der Waals surface area (Å²) in [5.41, 5.74) is 0.424. The van der Waals surface area contributed by atoms with Crippen LogP contribution in [0.2, 0.25) is 0 Å². The predicted molar refractivity (Wildman–Crippen MR) is 83.7 cm³/mol. The number of sulfonamides is 1. The molecule has 0 atom stereocenters. The first-order chi connectivity index (χ1) is 10.5. The largest absolute Gasteiger partial charge is 0.352 e. The Morgan fingerprint density at radius 3 is 2.45 bits per heavy atom. The topological polar surface area (TPSA) is 99.1 Å². The molecule has 0 aliphatic carbocycles. The van der Waals surface area contributed by atoms with Gasteiger partial charge in [0, 0.05) is 25.1 Å². The molecule has 0 aliphatic rings. The smallest absolute Gasteiger partial charge is 0.251 e. The first kappa shape index (κ1) is 18.1. The zero-order valence-corrected chi connectivity index (χ0v) is 13.4. The number of hydrogen-bond donors (Lipinski definition) is 2. The van der Waals surface area contributed by atoms with Crippen LogP contribution in [0.4, 0.5) is 0 Å². The van der Waals surface area contributed by atoms with Crippen LogP contribution < -0.4 is 10.0 Å². The van der Waals surface area contributed by atoms with Gasteiger partial charge in [-0.3, -0.25) is 4.79 Å². The highest BCUT2D eigenvalue weighted by Gasteiger charge is 2.14. The molecule has 0 saturated heterocycles. The van der Waals surface area contributed by atoms with Crippen molar-refractivity contribution in [2.75, 3.05) is 13.1 Å². The van der Waals surface area contributed by atoms with E-state index < -0.39 is 10.0 Å². The molecule has 2 N–H and O–H groups in total. The average Bonchev–Trinajstić information content (AvgIpc) is 2.51. The van der Waals surface area contributed by atoms with Crippen molar-refractivity contribution >= 4 is 15.9 Å². The normalized spacial score (nSPS) is 10.9. The summed E-state index contributed by atoms with van der Waals surface area (Å²) in [5, 5.41) is 11.2. The SMILES string of the molecule is CCCCCNC(=O)c1ccc(S(=O)(=O)NCCC#N)cc1. The lowest BCUT2D eigenvalue weighted by molar-refractivity contribution is 0.0953. The summed E-state index contributed by atoms with van der Waals surface area (Å²) in [6.07, 6.45) is 3.18. The highest BCUT2D eigenvalue weighted by atomic mass is 32.2. The van der Waals surface area contributed by atoms with Crippen molar-refractivity contribution in [1.82, 2.24) is 10.0 Å². The molecule has 0 fully saturated rings. The van der Waals surface area contributed by atoms with E-state index in [1.165, 1.54) is 24.3 Å². The molecule has 120 valence electrons. The van der Waals surface area contributed by atoms with Crippen LogP contribution in [-0.2, 0) is 10.0 Å². The molecule has 1 aromatic carbocycles. The summed E-state index contributed by atoms with van der Waals surface area (Å²) < 4.78 is 26.1. The second-order valence-corrected chi connectivity index (χ2v) is 6.56. The van der Waals surface area contributed by atoms with Gasteiger partial charge < -0.3 is 5.32 Å². The molecule has 6 nitrogen and oxygen atoms in total. The van der Waals surface area contributed by atoms with Gasteiger partial charge in [0.15, 0.2) is 0 Å². The van der Waals surface area contributed by atoms with E-state index in [4.69, 9.17) is 5.26 Å². The van der Waals surface area contributed by atoms with Crippen LogP contribution >= 0.6 is 0 Å². The Balaban J connectivity index is 2.62. The first-order valence-corrected chi connectivity index (χ1v) is 8.74. The maximum Gasteiger partial charge on any atom is 0.251 e. The maximum atomic E-state index is 11.9. The molecule has 0 radical (unpaired) electrons. The zero-order chi connectivity index (χ0) is 16.4. The highest BCUT2D eigenvalue weighted by Crippen LogP contribution is 2.10. The first-order valence-electron chi connectivity index (χ1n) is 7.26. The number of rotatable bonds is 9. The van der Waals surface area contributed by atoms with Gasteiger partial charge in [0.2, 0.25) is 10.0 Å². The molecule has 0 heterocycles. The van der Waals surface area contributed by atoms with E-state index in [-0.39, 0.29) is 23.8 Å². The third-order valence-electron chi connectivity index (χ3n) is 3.02. The lowest BCUT2D eigenvalue weighted by Gasteiger charge is -2.07. The van der Waals surface area contributed by atoms with E-state index in [1.807, 2.05) is 6.07 Å². The quantitative estimate of drug-likeness (QED) is 0.677. The summed E-state index contributed by atoms with van der Waals surface area (Å²) in [7, 11) is -3.63. The second kappa shape index (κ2) is 9.18. The third-order valence-corrected chi connectivity index (χ3v) is 4.50. The number of unbranched alkanes of at least 4 members (excludes halogenated alkanes) is 2. The minimum absolute atomic E-state index is 0.0680. The number of nitriles is 1. The monoisotopic (exact) mass is 323 g/mol. The number of nitrogens with zero attached hydrogens (tertiary/aromatic N) is 1. The van der Waals surface area contributed by atoms with Crippen LogP contribution in [0.25, 0.3) is 0 Å². The molecule has 0 aromatic heterocycles. The van der Waals surface area contributed by atoms with Crippen LogP contribution in [0, 0.1) is 11.3 Å². The fraction of sp³-hybridized carbons (Fsp3) is 0.467. The molecule has 1 amide bonds. The molecule has 0 saturated carbocycles. The third kappa shape index (κ3) is 5.84. The molecule has 0 aliphatic heterocycles. The number of benzene rings is 1. The second-order valence-electron chi connectivity index (χ2n) is 4.79. The Labute approximate surface area is 131 Å². The summed E-state index contributed by atoms with van der Waals surface area (Å²) in [5.74, 6) is -0.211. The Hall–Kier alpha value is -1.91. The van der Waals surface area contributed by atoms with Gasteiger partial charge in [-0.2, -0.15) is 5.26 Å². The zero-order valence-electron chi connectivity index (χ0n) is 12.6. The van der Waals surface area contributed by atoms with Crippen molar-refractivity contribution in [3.8, 4) is 6.07 Å². The average molecular weight is 323 g/mol. The molecule has 0 bridgehead atoms. The van der Waals surface area contributed by atoms with Crippen LogP contribution in [0.15, 0.2) is 29.2 Å². The van der Waals surface area contributed by atoms with Gasteiger partial charge >= 0.3 is 0 Å². The molecule has 1 aromatic rings. The molecular weight excluding hydrogens is 302 g/mol. The molecule has 22 heavy (non-hydrogen) atoms. The minimum atomic E-state index is -3.63. The van der Waals surface area contributed by atoms with E-state index in [1.54, 1.807) is 0 Å². The van der Waals surface area contributed by atoms with Gasteiger partial charge in [-0.05, 0) is 30.7 Å². The fourth-order valence-electron chi connectivity index (χ4n) is 1.79. The van der Waals surface area contributed by atoms with Crippen molar-refractivity contribution < 1.29 is 13.2 Å². The fourth-order valence-corrected chi connectivity index (χ4v) is 2.82. The molecule has 7 heteroatoms. The molecule has 0 spiro atoms. The van der Waals surface area contributed by atoms with Crippen LogP contribution in [0.1, 0.15) is 43.0 Å². The van der Waals surface area contributed by atoms with E-state index >= 15 is 0 Å². The van der Waals surface area contributed by atoms with Gasteiger partial charge in [-0.15, -0.1) is 0 Å². The Kier molecular flexibility index (Phi) is 7.57. The van der Waals surface area contributed by atoms with E-state index in [0.29, 0.717) is 12.1 Å². The minimum Gasteiger partial charge on any atom is -0.352 e. The standard InChI is InChI=1S/C15H21N3O3S/c1-2-3-4-11-17-15(19)13-6-8-14(9-7-13)22(20,21)18-12-5-10-16/h6-9,18H,2-5,11-12H2,1H3,(H,17,19). The van der Waals surface area contributed by atoms with Crippen molar-refractivity contribution in [3.05, 3.63) is 29.8 Å². The number of carbonyl (C=O) groups excluding carboxylic acids is 1. The predicted octanol–water partition coefficient (Wildman–Crippen LogP) is 1.80. The van der Waals surface area contributed by atoms with Gasteiger partial charge in [0.25, 0.3) is 5.91 Å². The number of carbonyl (C=O) groups is 1. The number of nitrogens with one attached hydrogen (secondary N) is 2. The van der Waals surface area contributed by atoms with Gasteiger partial charge in [0.1, 0.15) is 0 Å². The van der Waals surface area contributed by atoms with E-state index in [9.17, 15) is 13.2 Å². The van der Waals surface area contributed by atoms with E-state index in [2.05, 4.69) is 17.0 Å². The summed E-state index contributed by atoms with van der Waals surface area (Å²) in [6, 6.07) is 7.59. The van der Waals surface area contributed by atoms with Crippen LogP contribution in [0.5, 0.6) is 0 Å². The highest BCUT2D eigenvalue weighted by molar-refractivity contribution is 7.89. The lowest BCUT2D eigenvalue weighted by Crippen LogP contribution is -2.26. The maximum absolute atomic E-state index is 11.9. The van der Waals surface area contributed by atoms with Gasteiger partial charge in [0.05, 0.1) is 11.0 Å².